The van der Waals surface area contributed by atoms with Crippen LogP contribution in [0.4, 0.5) is 24.7 Å². The predicted molar refractivity (Wildman–Crippen MR) is 148 cm³/mol. The Kier molecular flexibility index (Phi) is 9.52. The maximum atomic E-state index is 13.1. The number of carbonyl (C=O) groups excluding carboxylic acids is 1. The number of carbonyl (C=O) groups is 1. The van der Waals surface area contributed by atoms with Gasteiger partial charge in [-0.05, 0) is 31.1 Å². The standard InChI is InChI=1S/C28H35F3N6O5/c29-28(30,31)42-25-19-21(39)3-4-24(25)37-8-5-22-23(20-37)32-27(41-16-2-7-35-13-17-40-18-14-35)33-26(22)36-11-9-34(10-12-36)6-1-15-38/h1,3-4,6,15,19,39H,2,5,7-14,16-18,20H2. The van der Waals surface area contributed by atoms with E-state index in [0.29, 0.717) is 51.4 Å². The molecule has 3 aliphatic heterocycles. The SMILES string of the molecule is O=CC=CN1CCN(c2nc(OCCCN3CCOCC3)nc3c2CCN(c2ccc(O)cc2OC(F)(F)F)C3)CC1. The van der Waals surface area contributed by atoms with Crippen LogP contribution in [0.25, 0.3) is 0 Å². The molecule has 0 unspecified atom stereocenters. The highest BCUT2D eigenvalue weighted by atomic mass is 19.4. The van der Waals surface area contributed by atoms with Crippen LogP contribution in [0.2, 0.25) is 0 Å². The molecule has 1 aromatic carbocycles. The smallest absolute Gasteiger partial charge is 0.508 e. The molecule has 0 spiro atoms. The Bertz CT molecular complexity index is 1250. The van der Waals surface area contributed by atoms with Crippen LogP contribution in [0.1, 0.15) is 17.7 Å². The maximum Gasteiger partial charge on any atom is 0.573 e. The maximum absolute atomic E-state index is 13.1. The lowest BCUT2D eigenvalue weighted by atomic mass is 10.0. The van der Waals surface area contributed by atoms with E-state index in [1.165, 1.54) is 18.2 Å². The lowest BCUT2D eigenvalue weighted by Gasteiger charge is -2.38. The molecule has 0 amide bonds. The van der Waals surface area contributed by atoms with E-state index in [9.17, 15) is 23.1 Å². The number of piperazine rings is 1. The largest absolute Gasteiger partial charge is 0.573 e. The van der Waals surface area contributed by atoms with Crippen molar-refractivity contribution in [1.29, 1.82) is 0 Å². The normalized spacial score (nSPS) is 18.3. The van der Waals surface area contributed by atoms with Crippen molar-refractivity contribution in [3.05, 3.63) is 41.7 Å². The number of fused-ring (bicyclic) bond motifs is 1. The van der Waals surface area contributed by atoms with Crippen molar-refractivity contribution in [2.75, 3.05) is 82.0 Å². The molecule has 0 atom stereocenters. The van der Waals surface area contributed by atoms with E-state index < -0.39 is 12.1 Å². The molecule has 3 aliphatic rings. The number of phenolic OH excluding ortho intramolecular Hbond substituents is 1. The summed E-state index contributed by atoms with van der Waals surface area (Å²) < 4.78 is 55.1. The fraction of sp³-hybridized carbons (Fsp3) is 0.536. The zero-order valence-electron chi connectivity index (χ0n) is 23.3. The topological polar surface area (TPSA) is 104 Å². The summed E-state index contributed by atoms with van der Waals surface area (Å²) in [6, 6.07) is 3.94. The first-order valence-electron chi connectivity index (χ1n) is 14.1. The molecule has 1 N–H and O–H groups in total. The summed E-state index contributed by atoms with van der Waals surface area (Å²) in [7, 11) is 0. The Morgan fingerprint density at radius 2 is 1.81 bits per heavy atom. The van der Waals surface area contributed by atoms with Gasteiger partial charge in [-0.1, -0.05) is 0 Å². The third kappa shape index (κ3) is 7.73. The van der Waals surface area contributed by atoms with Gasteiger partial charge in [-0.15, -0.1) is 13.2 Å². The highest BCUT2D eigenvalue weighted by Gasteiger charge is 2.34. The lowest BCUT2D eigenvalue weighted by Crippen LogP contribution is -2.45. The van der Waals surface area contributed by atoms with Crippen molar-refractivity contribution >= 4 is 17.8 Å². The van der Waals surface area contributed by atoms with E-state index in [-0.39, 0.29) is 24.0 Å². The van der Waals surface area contributed by atoms with E-state index in [1.54, 1.807) is 11.1 Å². The van der Waals surface area contributed by atoms with Crippen molar-refractivity contribution in [3.63, 3.8) is 0 Å². The number of aromatic hydroxyl groups is 1. The minimum absolute atomic E-state index is 0.208. The minimum atomic E-state index is -4.91. The fourth-order valence-corrected chi connectivity index (χ4v) is 5.41. The van der Waals surface area contributed by atoms with Crippen LogP contribution in [-0.4, -0.2) is 110 Å². The van der Waals surface area contributed by atoms with Crippen molar-refractivity contribution in [2.24, 2.45) is 0 Å². The number of aromatic nitrogens is 2. The molecule has 1 aromatic heterocycles. The van der Waals surface area contributed by atoms with Gasteiger partial charge in [0, 0.05) is 70.2 Å². The number of halogens is 3. The molecule has 0 aliphatic carbocycles. The average Bonchev–Trinajstić information content (AvgIpc) is 2.98. The summed E-state index contributed by atoms with van der Waals surface area (Å²) in [6.07, 6.45) is 0.380. The number of hydrogen-bond acceptors (Lipinski definition) is 11. The van der Waals surface area contributed by atoms with Gasteiger partial charge < -0.3 is 34.0 Å². The second kappa shape index (κ2) is 13.5. The van der Waals surface area contributed by atoms with Crippen molar-refractivity contribution in [1.82, 2.24) is 19.8 Å². The van der Waals surface area contributed by atoms with E-state index >= 15 is 0 Å². The van der Waals surface area contributed by atoms with Gasteiger partial charge in [-0.3, -0.25) is 9.69 Å². The number of rotatable bonds is 10. The first-order chi connectivity index (χ1) is 20.3. The molecular formula is C28H35F3N6O5. The predicted octanol–water partition coefficient (Wildman–Crippen LogP) is 2.58. The molecule has 2 saturated heterocycles. The summed E-state index contributed by atoms with van der Waals surface area (Å²) in [5.74, 6) is -0.0338. The summed E-state index contributed by atoms with van der Waals surface area (Å²) in [5.41, 5.74) is 1.81. The zero-order chi connectivity index (χ0) is 29.5. The molecular weight excluding hydrogens is 557 g/mol. The Labute approximate surface area is 242 Å². The molecule has 4 heterocycles. The van der Waals surface area contributed by atoms with Gasteiger partial charge >= 0.3 is 12.4 Å². The van der Waals surface area contributed by atoms with Crippen LogP contribution in [0.15, 0.2) is 30.5 Å². The summed E-state index contributed by atoms with van der Waals surface area (Å²) in [5, 5.41) is 9.82. The summed E-state index contributed by atoms with van der Waals surface area (Å²) in [4.78, 5) is 28.5. The highest BCUT2D eigenvalue weighted by Crippen LogP contribution is 2.39. The van der Waals surface area contributed by atoms with Gasteiger partial charge in [0.25, 0.3) is 0 Å². The molecule has 0 saturated carbocycles. The number of nitrogens with zero attached hydrogens (tertiary/aromatic N) is 6. The molecule has 14 heteroatoms. The van der Waals surface area contributed by atoms with E-state index in [1.807, 2.05) is 0 Å². The molecule has 11 nitrogen and oxygen atoms in total. The van der Waals surface area contributed by atoms with Gasteiger partial charge in [0.1, 0.15) is 17.9 Å². The first kappa shape index (κ1) is 29.7. The van der Waals surface area contributed by atoms with Gasteiger partial charge in [0.2, 0.25) is 0 Å². The number of anilines is 2. The van der Waals surface area contributed by atoms with E-state index in [2.05, 4.69) is 19.4 Å². The molecule has 0 radical (unpaired) electrons. The number of benzene rings is 1. The van der Waals surface area contributed by atoms with Crippen LogP contribution >= 0.6 is 0 Å². The van der Waals surface area contributed by atoms with Gasteiger partial charge in [0.05, 0.1) is 37.7 Å². The van der Waals surface area contributed by atoms with Crippen molar-refractivity contribution < 1.29 is 37.3 Å². The van der Waals surface area contributed by atoms with Crippen molar-refractivity contribution in [2.45, 2.75) is 25.7 Å². The summed E-state index contributed by atoms with van der Waals surface area (Å²) >= 11 is 0. The van der Waals surface area contributed by atoms with Gasteiger partial charge in [-0.2, -0.15) is 9.97 Å². The van der Waals surface area contributed by atoms with Crippen LogP contribution in [0.3, 0.4) is 0 Å². The molecule has 2 fully saturated rings. The highest BCUT2D eigenvalue weighted by molar-refractivity contribution is 5.64. The zero-order valence-corrected chi connectivity index (χ0v) is 23.3. The van der Waals surface area contributed by atoms with Crippen LogP contribution in [0.5, 0.6) is 17.5 Å². The number of ether oxygens (including phenoxy) is 3. The Morgan fingerprint density at radius 3 is 2.55 bits per heavy atom. The minimum Gasteiger partial charge on any atom is -0.508 e. The third-order valence-electron chi connectivity index (χ3n) is 7.48. The molecule has 0 bridgehead atoms. The second-order valence-electron chi connectivity index (χ2n) is 10.3. The quantitative estimate of drug-likeness (QED) is 0.250. The number of morpholine rings is 1. The average molecular weight is 593 g/mol. The number of aldehydes is 1. The Hall–Kier alpha value is -3.78. The van der Waals surface area contributed by atoms with Crippen LogP contribution in [-0.2, 0) is 22.5 Å². The molecule has 228 valence electrons. The fourth-order valence-electron chi connectivity index (χ4n) is 5.41. The van der Waals surface area contributed by atoms with Crippen LogP contribution < -0.4 is 19.3 Å². The Balaban J connectivity index is 1.36. The lowest BCUT2D eigenvalue weighted by molar-refractivity contribution is -0.274. The number of hydrogen-bond donors (Lipinski definition) is 1. The van der Waals surface area contributed by atoms with E-state index in [0.717, 1.165) is 63.0 Å². The van der Waals surface area contributed by atoms with E-state index in [4.69, 9.17) is 19.4 Å². The molecule has 2 aromatic rings. The van der Waals surface area contributed by atoms with Crippen LogP contribution in [0, 0.1) is 0 Å². The number of phenols is 1. The molecule has 5 rings (SSSR count). The molecule has 42 heavy (non-hydrogen) atoms. The monoisotopic (exact) mass is 592 g/mol. The Morgan fingerprint density at radius 1 is 1.02 bits per heavy atom. The number of alkyl halides is 3. The second-order valence-corrected chi connectivity index (χ2v) is 10.3. The van der Waals surface area contributed by atoms with Gasteiger partial charge in [-0.25, -0.2) is 0 Å². The first-order valence-corrected chi connectivity index (χ1v) is 14.1. The summed E-state index contributed by atoms with van der Waals surface area (Å²) in [6.45, 7) is 7.91. The van der Waals surface area contributed by atoms with Crippen molar-refractivity contribution in [3.8, 4) is 17.5 Å². The third-order valence-corrected chi connectivity index (χ3v) is 7.48. The van der Waals surface area contributed by atoms with Gasteiger partial charge in [0.15, 0.2) is 5.75 Å². The number of allylic oxidation sites excluding steroid dienone is 1.